The van der Waals surface area contributed by atoms with Gasteiger partial charge in [0.05, 0.1) is 5.54 Å². The van der Waals surface area contributed by atoms with Crippen LogP contribution in [0.2, 0.25) is 0 Å². The molecule has 1 heterocycles. The molecule has 0 aromatic rings. The first-order valence-corrected chi connectivity index (χ1v) is 5.23. The Labute approximate surface area is 85.3 Å². The van der Waals surface area contributed by atoms with E-state index in [4.69, 9.17) is 5.11 Å². The summed E-state index contributed by atoms with van der Waals surface area (Å²) in [6.45, 7) is 6.66. The first-order valence-electron chi connectivity index (χ1n) is 5.23. The van der Waals surface area contributed by atoms with Crippen LogP contribution in [0.1, 0.15) is 26.7 Å². The van der Waals surface area contributed by atoms with Gasteiger partial charge in [-0.15, -0.1) is 0 Å². The molecule has 0 radical (unpaired) electrons. The number of amides is 1. The minimum Gasteiger partial charge on any atom is -0.396 e. The predicted octanol–water partition coefficient (Wildman–Crippen LogP) is -0.0307. The second-order valence-electron chi connectivity index (χ2n) is 4.23. The Kier molecular flexibility index (Phi) is 3.89. The average molecular weight is 200 g/mol. The maximum Gasteiger partial charge on any atom is 0.239 e. The van der Waals surface area contributed by atoms with Crippen molar-refractivity contribution in [2.75, 3.05) is 26.2 Å². The number of hydrogen-bond donors (Lipinski definition) is 2. The summed E-state index contributed by atoms with van der Waals surface area (Å²) >= 11 is 0. The number of carbonyl (C=O) groups excluding carboxylic acids is 1. The number of hydrogen-bond acceptors (Lipinski definition) is 3. The van der Waals surface area contributed by atoms with Gasteiger partial charge in [-0.3, -0.25) is 9.69 Å². The van der Waals surface area contributed by atoms with Crippen LogP contribution in [0.4, 0.5) is 0 Å². The second kappa shape index (κ2) is 4.75. The topological polar surface area (TPSA) is 52.6 Å². The third kappa shape index (κ3) is 2.45. The Morgan fingerprint density at radius 2 is 2.21 bits per heavy atom. The van der Waals surface area contributed by atoms with E-state index >= 15 is 0 Å². The van der Waals surface area contributed by atoms with Crippen molar-refractivity contribution < 1.29 is 9.90 Å². The zero-order valence-corrected chi connectivity index (χ0v) is 9.05. The van der Waals surface area contributed by atoms with Crippen molar-refractivity contribution in [3.8, 4) is 0 Å². The zero-order valence-electron chi connectivity index (χ0n) is 9.05. The van der Waals surface area contributed by atoms with Crippen LogP contribution < -0.4 is 5.32 Å². The molecule has 0 saturated carbocycles. The Morgan fingerprint density at radius 3 is 2.86 bits per heavy atom. The van der Waals surface area contributed by atoms with Crippen LogP contribution in [-0.2, 0) is 4.79 Å². The van der Waals surface area contributed by atoms with E-state index in [1.165, 1.54) is 0 Å². The number of nitrogens with one attached hydrogen (secondary N) is 1. The maximum atomic E-state index is 11.6. The lowest BCUT2D eigenvalue weighted by molar-refractivity contribution is -0.135. The van der Waals surface area contributed by atoms with E-state index in [1.54, 1.807) is 0 Å². The standard InChI is InChI=1S/C10H20N2O2/c1-10(2)9(14)11-5-7-12(10)6-3-4-8-13/h13H,3-8H2,1-2H3,(H,11,14). The highest BCUT2D eigenvalue weighted by Crippen LogP contribution is 2.17. The maximum absolute atomic E-state index is 11.6. The SMILES string of the molecule is CC1(C)C(=O)NCCN1CCCCO. The fourth-order valence-corrected chi connectivity index (χ4v) is 1.75. The summed E-state index contributed by atoms with van der Waals surface area (Å²) in [7, 11) is 0. The molecule has 1 rings (SSSR count). The molecule has 4 nitrogen and oxygen atoms in total. The van der Waals surface area contributed by atoms with Crippen LogP contribution >= 0.6 is 0 Å². The van der Waals surface area contributed by atoms with E-state index in [-0.39, 0.29) is 12.5 Å². The second-order valence-corrected chi connectivity index (χ2v) is 4.23. The monoisotopic (exact) mass is 200 g/mol. The highest BCUT2D eigenvalue weighted by Gasteiger charge is 2.36. The zero-order chi connectivity index (χ0) is 10.6. The number of unbranched alkanes of at least 4 members (excludes halogenated alkanes) is 1. The lowest BCUT2D eigenvalue weighted by atomic mass is 9.98. The van der Waals surface area contributed by atoms with Gasteiger partial charge in [0.25, 0.3) is 0 Å². The van der Waals surface area contributed by atoms with Crippen molar-refractivity contribution in [3.63, 3.8) is 0 Å². The first kappa shape index (κ1) is 11.5. The van der Waals surface area contributed by atoms with Gasteiger partial charge in [-0.05, 0) is 33.2 Å². The molecule has 0 bridgehead atoms. The van der Waals surface area contributed by atoms with Crippen molar-refractivity contribution in [1.82, 2.24) is 10.2 Å². The summed E-state index contributed by atoms with van der Waals surface area (Å²) in [4.78, 5) is 13.7. The molecule has 1 fully saturated rings. The van der Waals surface area contributed by atoms with E-state index in [9.17, 15) is 4.79 Å². The smallest absolute Gasteiger partial charge is 0.239 e. The highest BCUT2D eigenvalue weighted by atomic mass is 16.2. The normalized spacial score (nSPS) is 22.1. The summed E-state index contributed by atoms with van der Waals surface area (Å²) < 4.78 is 0. The molecule has 82 valence electrons. The summed E-state index contributed by atoms with van der Waals surface area (Å²) in [6, 6.07) is 0. The Bertz CT molecular complexity index is 204. The van der Waals surface area contributed by atoms with E-state index in [2.05, 4.69) is 10.2 Å². The van der Waals surface area contributed by atoms with E-state index in [0.717, 1.165) is 32.5 Å². The van der Waals surface area contributed by atoms with Gasteiger partial charge in [0.1, 0.15) is 0 Å². The minimum atomic E-state index is -0.395. The molecule has 0 spiro atoms. The third-order valence-electron chi connectivity index (χ3n) is 2.85. The van der Waals surface area contributed by atoms with E-state index < -0.39 is 5.54 Å². The molecule has 0 atom stereocenters. The summed E-state index contributed by atoms with van der Waals surface area (Å²) in [5.41, 5.74) is -0.395. The Morgan fingerprint density at radius 1 is 1.50 bits per heavy atom. The molecule has 1 aliphatic heterocycles. The van der Waals surface area contributed by atoms with Gasteiger partial charge in [-0.2, -0.15) is 0 Å². The molecular formula is C10H20N2O2. The van der Waals surface area contributed by atoms with Crippen molar-refractivity contribution in [2.45, 2.75) is 32.2 Å². The molecular weight excluding hydrogens is 180 g/mol. The molecule has 0 aromatic carbocycles. The Hall–Kier alpha value is -0.610. The highest BCUT2D eigenvalue weighted by molar-refractivity contribution is 5.86. The van der Waals surface area contributed by atoms with Crippen LogP contribution in [0, 0.1) is 0 Å². The molecule has 14 heavy (non-hydrogen) atoms. The van der Waals surface area contributed by atoms with Gasteiger partial charge in [0, 0.05) is 19.7 Å². The van der Waals surface area contributed by atoms with Gasteiger partial charge in [0.2, 0.25) is 5.91 Å². The van der Waals surface area contributed by atoms with Crippen LogP contribution in [0.5, 0.6) is 0 Å². The van der Waals surface area contributed by atoms with Crippen LogP contribution in [0.3, 0.4) is 0 Å². The number of rotatable bonds is 4. The van der Waals surface area contributed by atoms with Crippen LogP contribution in [-0.4, -0.2) is 47.7 Å². The molecule has 4 heteroatoms. The summed E-state index contributed by atoms with van der Waals surface area (Å²) in [5.74, 6) is 0.104. The predicted molar refractivity (Wildman–Crippen MR) is 55.0 cm³/mol. The lowest BCUT2D eigenvalue weighted by Crippen LogP contribution is -2.61. The largest absolute Gasteiger partial charge is 0.396 e. The van der Waals surface area contributed by atoms with Crippen LogP contribution in [0.15, 0.2) is 0 Å². The third-order valence-corrected chi connectivity index (χ3v) is 2.85. The van der Waals surface area contributed by atoms with E-state index in [1.807, 2.05) is 13.8 Å². The number of nitrogens with zero attached hydrogens (tertiary/aromatic N) is 1. The quantitative estimate of drug-likeness (QED) is 0.627. The van der Waals surface area contributed by atoms with Gasteiger partial charge >= 0.3 is 0 Å². The van der Waals surface area contributed by atoms with Crippen LogP contribution in [0.25, 0.3) is 0 Å². The Balaban J connectivity index is 2.45. The molecule has 1 aliphatic rings. The van der Waals surface area contributed by atoms with Crippen molar-refractivity contribution in [1.29, 1.82) is 0 Å². The average Bonchev–Trinajstić information content (AvgIpc) is 2.13. The number of piperazine rings is 1. The van der Waals surface area contributed by atoms with Gasteiger partial charge in [0.15, 0.2) is 0 Å². The molecule has 1 amide bonds. The van der Waals surface area contributed by atoms with Gasteiger partial charge in [-0.1, -0.05) is 0 Å². The minimum absolute atomic E-state index is 0.104. The number of aliphatic hydroxyl groups excluding tert-OH is 1. The number of aliphatic hydroxyl groups is 1. The van der Waals surface area contributed by atoms with Crippen molar-refractivity contribution >= 4 is 5.91 Å². The van der Waals surface area contributed by atoms with Crippen molar-refractivity contribution in [3.05, 3.63) is 0 Å². The fraction of sp³-hybridized carbons (Fsp3) is 0.900. The lowest BCUT2D eigenvalue weighted by Gasteiger charge is -2.41. The molecule has 0 aromatic heterocycles. The summed E-state index contributed by atoms with van der Waals surface area (Å²) in [6.07, 6.45) is 1.77. The molecule has 0 aliphatic carbocycles. The fourth-order valence-electron chi connectivity index (χ4n) is 1.75. The molecule has 0 unspecified atom stereocenters. The number of carbonyl (C=O) groups is 1. The summed E-state index contributed by atoms with van der Waals surface area (Å²) in [5, 5.41) is 11.5. The van der Waals surface area contributed by atoms with Crippen molar-refractivity contribution in [2.24, 2.45) is 0 Å². The van der Waals surface area contributed by atoms with Gasteiger partial charge < -0.3 is 10.4 Å². The van der Waals surface area contributed by atoms with Gasteiger partial charge in [-0.25, -0.2) is 0 Å². The first-order chi connectivity index (χ1) is 6.59. The van der Waals surface area contributed by atoms with E-state index in [0.29, 0.717) is 0 Å². The molecule has 2 N–H and O–H groups in total. The molecule has 1 saturated heterocycles.